The lowest BCUT2D eigenvalue weighted by atomic mass is 9.90. The number of carbonyl (C=O) groups is 1. The van der Waals surface area contributed by atoms with E-state index < -0.39 is 0 Å². The van der Waals surface area contributed by atoms with Crippen molar-refractivity contribution in [2.24, 2.45) is 11.8 Å². The van der Waals surface area contributed by atoms with E-state index in [0.717, 1.165) is 35.8 Å². The summed E-state index contributed by atoms with van der Waals surface area (Å²) in [6, 6.07) is 6.19. The van der Waals surface area contributed by atoms with Crippen LogP contribution >= 0.6 is 0 Å². The zero-order valence-electron chi connectivity index (χ0n) is 14.3. The summed E-state index contributed by atoms with van der Waals surface area (Å²) in [5.41, 5.74) is 2.42. The molecule has 4 nitrogen and oxygen atoms in total. The van der Waals surface area contributed by atoms with E-state index in [1.165, 1.54) is 0 Å². The molecular formula is C19H26N2O2. The highest BCUT2D eigenvalue weighted by atomic mass is 16.5. The molecule has 0 bridgehead atoms. The molecule has 0 aromatic heterocycles. The molecule has 23 heavy (non-hydrogen) atoms. The molecular weight excluding hydrogens is 288 g/mol. The van der Waals surface area contributed by atoms with Gasteiger partial charge in [0.05, 0.1) is 5.69 Å². The van der Waals surface area contributed by atoms with Crippen molar-refractivity contribution < 1.29 is 9.53 Å². The Labute approximate surface area is 138 Å². The lowest BCUT2D eigenvalue weighted by Gasteiger charge is -2.22. The molecule has 0 amide bonds. The summed E-state index contributed by atoms with van der Waals surface area (Å²) in [6.07, 6.45) is 0.616. The molecule has 1 fully saturated rings. The van der Waals surface area contributed by atoms with E-state index >= 15 is 0 Å². The number of fused-ring (bicyclic) bond motifs is 1. The van der Waals surface area contributed by atoms with Crippen LogP contribution in [0.3, 0.4) is 0 Å². The van der Waals surface area contributed by atoms with Gasteiger partial charge in [0.25, 0.3) is 0 Å². The van der Waals surface area contributed by atoms with Gasteiger partial charge in [-0.1, -0.05) is 13.5 Å². The zero-order valence-corrected chi connectivity index (χ0v) is 14.3. The van der Waals surface area contributed by atoms with Crippen molar-refractivity contribution in [3.05, 3.63) is 36.0 Å². The van der Waals surface area contributed by atoms with Crippen LogP contribution in [0.2, 0.25) is 0 Å². The average molecular weight is 314 g/mol. The van der Waals surface area contributed by atoms with Crippen molar-refractivity contribution in [3.8, 4) is 5.75 Å². The zero-order chi connectivity index (χ0) is 16.6. The molecule has 2 atom stereocenters. The summed E-state index contributed by atoms with van der Waals surface area (Å²) in [6.45, 7) is 13.2. The average Bonchev–Trinajstić information content (AvgIpc) is 2.87. The molecule has 1 aromatic rings. The second-order valence-corrected chi connectivity index (χ2v) is 7.14. The third-order valence-corrected chi connectivity index (χ3v) is 4.99. The van der Waals surface area contributed by atoms with Crippen molar-refractivity contribution >= 4 is 11.5 Å². The molecule has 124 valence electrons. The minimum absolute atomic E-state index is 0.216. The molecule has 0 aliphatic carbocycles. The number of ketones is 1. The third-order valence-electron chi connectivity index (χ3n) is 4.99. The van der Waals surface area contributed by atoms with Gasteiger partial charge in [-0.25, -0.2) is 0 Å². The standard InChI is InChI=1S/C19H26N2O2/c1-12(2)21-9-13(3)16(10-21)8-18(22)15-5-6-19-17(7-15)20-14(4)11-23-19/h5-7,12-13,16,20H,4,8-11H2,1-3H3/t13-,16+/m0/s1. The first-order chi connectivity index (χ1) is 10.9. The first-order valence-electron chi connectivity index (χ1n) is 8.43. The van der Waals surface area contributed by atoms with E-state index in [1.54, 1.807) is 0 Å². The Hall–Kier alpha value is -1.81. The maximum Gasteiger partial charge on any atom is 0.163 e. The summed E-state index contributed by atoms with van der Waals surface area (Å²) in [5, 5.41) is 3.20. The van der Waals surface area contributed by atoms with E-state index in [1.807, 2.05) is 18.2 Å². The molecule has 1 N–H and O–H groups in total. The van der Waals surface area contributed by atoms with Gasteiger partial charge in [0, 0.05) is 36.8 Å². The number of nitrogens with one attached hydrogen (secondary N) is 1. The highest BCUT2D eigenvalue weighted by molar-refractivity contribution is 5.97. The van der Waals surface area contributed by atoms with E-state index in [0.29, 0.717) is 30.9 Å². The topological polar surface area (TPSA) is 41.6 Å². The SMILES string of the molecule is C=C1COc2ccc(C(=O)C[C@@H]3CN(C(C)C)C[C@@H]3C)cc2N1. The molecule has 2 aliphatic rings. The number of Topliss-reactive ketones (excluding diaryl/α,β-unsaturated/α-hetero) is 1. The summed E-state index contributed by atoms with van der Waals surface area (Å²) in [7, 11) is 0. The quantitative estimate of drug-likeness (QED) is 0.863. The van der Waals surface area contributed by atoms with Crippen LogP contribution in [0.1, 0.15) is 37.6 Å². The van der Waals surface area contributed by atoms with Crippen molar-refractivity contribution in [2.45, 2.75) is 33.2 Å². The molecule has 4 heteroatoms. The molecule has 1 aromatic carbocycles. The van der Waals surface area contributed by atoms with Crippen LogP contribution in [-0.4, -0.2) is 36.4 Å². The Morgan fingerprint density at radius 2 is 2.22 bits per heavy atom. The fourth-order valence-corrected chi connectivity index (χ4v) is 3.44. The predicted molar refractivity (Wildman–Crippen MR) is 93.0 cm³/mol. The normalized spacial score (nSPS) is 24.3. The van der Waals surface area contributed by atoms with E-state index in [2.05, 4.69) is 37.6 Å². The first-order valence-corrected chi connectivity index (χ1v) is 8.43. The minimum atomic E-state index is 0.216. The largest absolute Gasteiger partial charge is 0.485 e. The highest BCUT2D eigenvalue weighted by Gasteiger charge is 2.32. The lowest BCUT2D eigenvalue weighted by Crippen LogP contribution is -2.28. The van der Waals surface area contributed by atoms with Gasteiger partial charge in [-0.15, -0.1) is 0 Å². The Balaban J connectivity index is 1.69. The number of likely N-dealkylation sites (tertiary alicyclic amines) is 1. The molecule has 0 saturated carbocycles. The van der Waals surface area contributed by atoms with Gasteiger partial charge in [0.1, 0.15) is 12.4 Å². The monoisotopic (exact) mass is 314 g/mol. The number of anilines is 1. The number of nitrogens with zero attached hydrogens (tertiary/aromatic N) is 1. The third kappa shape index (κ3) is 3.42. The molecule has 0 spiro atoms. The van der Waals surface area contributed by atoms with Gasteiger partial charge >= 0.3 is 0 Å². The van der Waals surface area contributed by atoms with Crippen LogP contribution in [0, 0.1) is 11.8 Å². The van der Waals surface area contributed by atoms with Gasteiger partial charge < -0.3 is 15.0 Å². The Morgan fingerprint density at radius 1 is 1.43 bits per heavy atom. The molecule has 0 radical (unpaired) electrons. The second kappa shape index (κ2) is 6.36. The Kier molecular flexibility index (Phi) is 4.44. The van der Waals surface area contributed by atoms with Crippen LogP contribution in [0.15, 0.2) is 30.5 Å². The second-order valence-electron chi connectivity index (χ2n) is 7.14. The predicted octanol–water partition coefficient (Wildman–Crippen LogP) is 3.55. The van der Waals surface area contributed by atoms with Crippen molar-refractivity contribution in [1.82, 2.24) is 4.90 Å². The van der Waals surface area contributed by atoms with Crippen LogP contribution in [-0.2, 0) is 0 Å². The fraction of sp³-hybridized carbons (Fsp3) is 0.526. The lowest BCUT2D eigenvalue weighted by molar-refractivity contribution is 0.0954. The molecule has 0 unspecified atom stereocenters. The number of carbonyl (C=O) groups excluding carboxylic acids is 1. The van der Waals surface area contributed by atoms with Gasteiger partial charge in [-0.2, -0.15) is 0 Å². The van der Waals surface area contributed by atoms with Gasteiger partial charge in [0.15, 0.2) is 5.78 Å². The number of ether oxygens (including phenoxy) is 1. The maximum atomic E-state index is 12.7. The maximum absolute atomic E-state index is 12.7. The molecule has 3 rings (SSSR count). The minimum Gasteiger partial charge on any atom is -0.485 e. The van der Waals surface area contributed by atoms with Crippen molar-refractivity contribution in [1.29, 1.82) is 0 Å². The van der Waals surface area contributed by atoms with Crippen LogP contribution < -0.4 is 10.1 Å². The smallest absolute Gasteiger partial charge is 0.163 e. The number of rotatable bonds is 4. The van der Waals surface area contributed by atoms with Crippen LogP contribution in [0.4, 0.5) is 5.69 Å². The van der Waals surface area contributed by atoms with Gasteiger partial charge in [-0.05, 0) is 43.9 Å². The van der Waals surface area contributed by atoms with E-state index in [4.69, 9.17) is 4.74 Å². The summed E-state index contributed by atoms with van der Waals surface area (Å²) < 4.78 is 5.58. The molecule has 1 saturated heterocycles. The Morgan fingerprint density at radius 3 is 2.91 bits per heavy atom. The summed E-state index contributed by atoms with van der Waals surface area (Å²) in [4.78, 5) is 15.1. The van der Waals surface area contributed by atoms with E-state index in [9.17, 15) is 4.79 Å². The number of hydrogen-bond acceptors (Lipinski definition) is 4. The number of benzene rings is 1. The first kappa shape index (κ1) is 16.1. The summed E-state index contributed by atoms with van der Waals surface area (Å²) in [5.74, 6) is 2.02. The highest BCUT2D eigenvalue weighted by Crippen LogP contribution is 2.32. The Bertz CT molecular complexity index is 624. The fourth-order valence-electron chi connectivity index (χ4n) is 3.44. The number of hydrogen-bond donors (Lipinski definition) is 1. The van der Waals surface area contributed by atoms with Gasteiger partial charge in [0.2, 0.25) is 0 Å². The summed E-state index contributed by atoms with van der Waals surface area (Å²) >= 11 is 0. The van der Waals surface area contributed by atoms with Crippen LogP contribution in [0.5, 0.6) is 5.75 Å². The van der Waals surface area contributed by atoms with Crippen molar-refractivity contribution in [2.75, 3.05) is 25.0 Å². The van der Waals surface area contributed by atoms with E-state index in [-0.39, 0.29) is 5.78 Å². The van der Waals surface area contributed by atoms with Gasteiger partial charge in [-0.3, -0.25) is 4.79 Å². The molecule has 2 aliphatic heterocycles. The van der Waals surface area contributed by atoms with Crippen LogP contribution in [0.25, 0.3) is 0 Å². The van der Waals surface area contributed by atoms with Crippen molar-refractivity contribution in [3.63, 3.8) is 0 Å². The molecule has 2 heterocycles.